The summed E-state index contributed by atoms with van der Waals surface area (Å²) in [6.45, 7) is 6.92. The number of nitrogens with two attached hydrogens (primary N) is 1. The summed E-state index contributed by atoms with van der Waals surface area (Å²) >= 11 is 0. The molecule has 220 valence electrons. The summed E-state index contributed by atoms with van der Waals surface area (Å²) in [7, 11) is 4.21. The molecule has 2 amide bonds. The molecule has 0 fully saturated rings. The third-order valence-corrected chi connectivity index (χ3v) is 6.95. The van der Waals surface area contributed by atoms with Crippen LogP contribution in [0.3, 0.4) is 0 Å². The molecule has 2 aliphatic rings. The molecule has 1 heterocycles. The maximum Gasteiger partial charge on any atom is 0.405 e. The Morgan fingerprint density at radius 2 is 1.77 bits per heavy atom. The maximum atomic E-state index is 13.3. The molecule has 2 rings (SSSR count). The summed E-state index contributed by atoms with van der Waals surface area (Å²) < 4.78 is 21.7. The van der Waals surface area contributed by atoms with Gasteiger partial charge in [0.05, 0.1) is 25.0 Å². The second-order valence-corrected chi connectivity index (χ2v) is 10.1. The zero-order chi connectivity index (χ0) is 30.1. The molecule has 1 aliphatic carbocycles. The molecule has 0 saturated carbocycles. The first-order chi connectivity index (χ1) is 18.8. The number of fused-ring (bicyclic) bond motifs is 2. The van der Waals surface area contributed by atoms with E-state index in [0.717, 1.165) is 6.08 Å². The van der Waals surface area contributed by atoms with E-state index in [9.17, 15) is 24.3 Å². The Morgan fingerprint density at radius 3 is 2.35 bits per heavy atom. The molecule has 40 heavy (non-hydrogen) atoms. The van der Waals surface area contributed by atoms with E-state index in [4.69, 9.17) is 24.7 Å². The molecule has 0 spiro atoms. The van der Waals surface area contributed by atoms with Crippen LogP contribution < -0.4 is 11.1 Å². The van der Waals surface area contributed by atoms with Gasteiger partial charge in [-0.3, -0.25) is 14.4 Å². The Hall–Kier alpha value is -3.54. The number of aliphatic hydroxyl groups excluding tert-OH is 1. The van der Waals surface area contributed by atoms with Crippen molar-refractivity contribution in [3.05, 3.63) is 58.6 Å². The number of carbonyl (C=O) groups excluding carboxylic acids is 4. The van der Waals surface area contributed by atoms with Crippen LogP contribution in [-0.2, 0) is 33.3 Å². The van der Waals surface area contributed by atoms with Crippen molar-refractivity contribution in [1.82, 2.24) is 5.32 Å². The first-order valence-corrected chi connectivity index (χ1v) is 13.0. The van der Waals surface area contributed by atoms with E-state index in [1.54, 1.807) is 32.1 Å². The van der Waals surface area contributed by atoms with Crippen molar-refractivity contribution in [2.24, 2.45) is 17.6 Å². The lowest BCUT2D eigenvalue weighted by atomic mass is 9.85. The fourth-order valence-electron chi connectivity index (χ4n) is 4.78. The molecule has 0 radical (unpaired) electrons. The van der Waals surface area contributed by atoms with Crippen LogP contribution in [0.15, 0.2) is 58.6 Å². The fraction of sp³-hybridized carbons (Fsp3) is 0.517. The second kappa shape index (κ2) is 14.7. The predicted molar refractivity (Wildman–Crippen MR) is 147 cm³/mol. The van der Waals surface area contributed by atoms with E-state index in [1.165, 1.54) is 34.3 Å². The number of rotatable bonds is 4. The Kier molecular flexibility index (Phi) is 12.0. The van der Waals surface area contributed by atoms with Gasteiger partial charge in [0.25, 0.3) is 5.91 Å². The average Bonchev–Trinajstić information content (AvgIpc) is 2.90. The van der Waals surface area contributed by atoms with Gasteiger partial charge >= 0.3 is 6.09 Å². The summed E-state index contributed by atoms with van der Waals surface area (Å²) in [4.78, 5) is 50.6. The molecule has 11 nitrogen and oxygen atoms in total. The van der Waals surface area contributed by atoms with E-state index in [2.05, 4.69) is 5.32 Å². The molecule has 4 N–H and O–H groups in total. The number of allylic oxidation sites excluding steroid dienone is 4. The molecular weight excluding hydrogens is 520 g/mol. The quantitative estimate of drug-likeness (QED) is 0.346. The minimum absolute atomic E-state index is 0.0801. The van der Waals surface area contributed by atoms with Crippen LogP contribution in [-0.4, -0.2) is 74.4 Å². The van der Waals surface area contributed by atoms with Gasteiger partial charge in [-0.05, 0) is 38.2 Å². The van der Waals surface area contributed by atoms with Gasteiger partial charge in [0.2, 0.25) is 11.6 Å². The standard InChI is InChI=1S/C29H40N2O9/c1-15-11-19-25(34)20(14-21(32)27(19)39-7)31-28(35)16(2)9-8-10-22(37-5)26(40-29(30)36)18(4)13-17(3)24(33)23(12-15)38-6/h8-10,13-15,17,22-24,26,33H,11-12H2,1-7H3,(H2,30,36)(H,31,35)/b10-8?,16-9+,18-13+/t15-,17-,22-,23-,24+,26-/m1/s1. The minimum atomic E-state index is -1.00. The highest BCUT2D eigenvalue weighted by Gasteiger charge is 2.34. The number of hydrogen-bond donors (Lipinski definition) is 3. The van der Waals surface area contributed by atoms with Crippen LogP contribution in [0.4, 0.5) is 4.79 Å². The molecule has 0 saturated heterocycles. The van der Waals surface area contributed by atoms with Crippen molar-refractivity contribution in [2.45, 2.75) is 65.0 Å². The summed E-state index contributed by atoms with van der Waals surface area (Å²) in [6, 6.07) is 0. The molecule has 11 heteroatoms. The number of primary amides is 1. The first kappa shape index (κ1) is 32.7. The van der Waals surface area contributed by atoms with Gasteiger partial charge in [0.15, 0.2) is 11.9 Å². The van der Waals surface area contributed by atoms with Gasteiger partial charge in [-0.15, -0.1) is 0 Å². The van der Waals surface area contributed by atoms with Crippen LogP contribution >= 0.6 is 0 Å². The Labute approximate surface area is 234 Å². The van der Waals surface area contributed by atoms with Gasteiger partial charge in [0.1, 0.15) is 6.10 Å². The highest BCUT2D eigenvalue weighted by atomic mass is 16.6. The first-order valence-electron chi connectivity index (χ1n) is 13.0. The van der Waals surface area contributed by atoms with Gasteiger partial charge in [-0.2, -0.15) is 0 Å². The highest BCUT2D eigenvalue weighted by molar-refractivity contribution is 6.23. The van der Waals surface area contributed by atoms with Crippen molar-refractivity contribution in [1.29, 1.82) is 0 Å². The van der Waals surface area contributed by atoms with Crippen LogP contribution in [0.25, 0.3) is 0 Å². The van der Waals surface area contributed by atoms with E-state index in [1.807, 2.05) is 6.92 Å². The largest absolute Gasteiger partial charge is 0.492 e. The SMILES string of the molecule is COC1=C2C[C@@H](C)C[C@@H](OC)[C@@H](O)[C@H](C)/C=C(\C)[C@@H](OC(N)=O)[C@H](OC)C=C/C=C(\C)C(=O)NC(=CC1=O)C2=O. The Morgan fingerprint density at radius 1 is 1.10 bits per heavy atom. The number of amides is 2. The van der Waals surface area contributed by atoms with Crippen molar-refractivity contribution in [3.8, 4) is 0 Å². The van der Waals surface area contributed by atoms with E-state index < -0.39 is 53.9 Å². The zero-order valence-electron chi connectivity index (χ0n) is 24.1. The summed E-state index contributed by atoms with van der Waals surface area (Å²) in [5.74, 6) is -2.39. The van der Waals surface area contributed by atoms with Crippen LogP contribution in [0.2, 0.25) is 0 Å². The zero-order valence-corrected chi connectivity index (χ0v) is 24.1. The topological polar surface area (TPSA) is 163 Å². The number of ketones is 2. The van der Waals surface area contributed by atoms with E-state index in [0.29, 0.717) is 12.0 Å². The number of nitrogens with one attached hydrogen (secondary N) is 1. The molecule has 0 aromatic rings. The van der Waals surface area contributed by atoms with Crippen molar-refractivity contribution in [2.75, 3.05) is 21.3 Å². The summed E-state index contributed by atoms with van der Waals surface area (Å²) in [5.41, 5.74) is 6.12. The maximum absolute atomic E-state index is 13.3. The van der Waals surface area contributed by atoms with Gasteiger partial charge < -0.3 is 35.1 Å². The van der Waals surface area contributed by atoms with Crippen molar-refractivity contribution in [3.63, 3.8) is 0 Å². The monoisotopic (exact) mass is 560 g/mol. The fourth-order valence-corrected chi connectivity index (χ4v) is 4.78. The average molecular weight is 561 g/mol. The van der Waals surface area contributed by atoms with E-state index >= 15 is 0 Å². The van der Waals surface area contributed by atoms with Crippen LogP contribution in [0.5, 0.6) is 0 Å². The number of methoxy groups -OCH3 is 3. The van der Waals surface area contributed by atoms with Crippen molar-refractivity contribution < 1.29 is 43.2 Å². The van der Waals surface area contributed by atoms with Crippen LogP contribution in [0, 0.1) is 11.8 Å². The number of ether oxygens (including phenoxy) is 4. The summed E-state index contributed by atoms with van der Waals surface area (Å²) in [5, 5.41) is 13.7. The molecule has 0 aromatic carbocycles. The lowest BCUT2D eigenvalue weighted by molar-refractivity contribution is -0.120. The third-order valence-electron chi connectivity index (χ3n) is 6.95. The van der Waals surface area contributed by atoms with Crippen LogP contribution in [0.1, 0.15) is 40.5 Å². The molecule has 0 unspecified atom stereocenters. The van der Waals surface area contributed by atoms with Gasteiger partial charge in [0, 0.05) is 37.4 Å². The number of aliphatic hydroxyl groups is 1. The highest BCUT2D eigenvalue weighted by Crippen LogP contribution is 2.29. The van der Waals surface area contributed by atoms with Crippen molar-refractivity contribution >= 4 is 23.6 Å². The number of hydrogen-bond acceptors (Lipinski definition) is 9. The minimum Gasteiger partial charge on any atom is -0.492 e. The number of Topliss-reactive ketones (excluding diaryl/α,β-unsaturated/α-hetero) is 1. The molecule has 6 atom stereocenters. The number of carbonyl (C=O) groups is 4. The molecule has 2 bridgehead atoms. The third kappa shape index (κ3) is 8.23. The normalized spacial score (nSPS) is 31.9. The smallest absolute Gasteiger partial charge is 0.405 e. The molecule has 1 aliphatic heterocycles. The van der Waals surface area contributed by atoms with E-state index in [-0.39, 0.29) is 34.9 Å². The Balaban J connectivity index is 2.60. The second-order valence-electron chi connectivity index (χ2n) is 10.1. The lowest BCUT2D eigenvalue weighted by Crippen LogP contribution is -2.37. The predicted octanol–water partition coefficient (Wildman–Crippen LogP) is 2.41. The molecule has 0 aromatic heterocycles. The Bertz CT molecular complexity index is 1150. The lowest BCUT2D eigenvalue weighted by Gasteiger charge is -2.29. The molecular formula is C29H40N2O9. The van der Waals surface area contributed by atoms with Gasteiger partial charge in [-0.25, -0.2) is 4.79 Å². The van der Waals surface area contributed by atoms with Gasteiger partial charge in [-0.1, -0.05) is 38.2 Å². The summed E-state index contributed by atoms with van der Waals surface area (Å²) in [6.07, 6.45) is 3.61.